The zero-order valence-corrected chi connectivity index (χ0v) is 12.1. The number of amides is 1. The Hall–Kier alpha value is -0.810. The summed E-state index contributed by atoms with van der Waals surface area (Å²) in [5, 5.41) is 0.906. The van der Waals surface area contributed by atoms with Crippen molar-refractivity contribution in [1.82, 2.24) is 14.9 Å². The number of rotatable bonds is 2. The molecule has 0 aromatic carbocycles. The maximum atomic E-state index is 12.4. The Morgan fingerprint density at radius 3 is 3.00 bits per heavy atom. The number of carbonyl (C=O) groups excluding carboxylic acids is 1. The molecular formula is C12H16ClN3OS. The molecule has 0 saturated carbocycles. The van der Waals surface area contributed by atoms with Gasteiger partial charge >= 0.3 is 0 Å². The summed E-state index contributed by atoms with van der Waals surface area (Å²) < 4.78 is 0. The predicted molar refractivity (Wildman–Crippen MR) is 73.2 cm³/mol. The Morgan fingerprint density at radius 1 is 1.56 bits per heavy atom. The Kier molecular flexibility index (Phi) is 4.45. The Morgan fingerprint density at radius 2 is 2.33 bits per heavy atom. The third-order valence-corrected chi connectivity index (χ3v) is 4.01. The van der Waals surface area contributed by atoms with E-state index in [1.54, 1.807) is 0 Å². The second-order valence-corrected chi connectivity index (χ2v) is 5.58. The van der Waals surface area contributed by atoms with Gasteiger partial charge in [-0.1, -0.05) is 23.4 Å². The molecule has 0 radical (unpaired) electrons. The third kappa shape index (κ3) is 2.78. The van der Waals surface area contributed by atoms with Crippen molar-refractivity contribution in [3.8, 4) is 0 Å². The first-order valence-electron chi connectivity index (χ1n) is 6.01. The summed E-state index contributed by atoms with van der Waals surface area (Å²) in [5.41, 5.74) is 0.324. The highest BCUT2D eigenvalue weighted by atomic mass is 35.5. The van der Waals surface area contributed by atoms with Gasteiger partial charge in [0.15, 0.2) is 10.9 Å². The fraction of sp³-hybridized carbons (Fsp3) is 0.583. The van der Waals surface area contributed by atoms with Crippen LogP contribution in [0.15, 0.2) is 11.4 Å². The quantitative estimate of drug-likeness (QED) is 0.619. The van der Waals surface area contributed by atoms with Gasteiger partial charge in [-0.05, 0) is 32.4 Å². The number of hydrogen-bond donors (Lipinski definition) is 0. The van der Waals surface area contributed by atoms with Crippen LogP contribution in [0.3, 0.4) is 0 Å². The molecule has 1 aromatic heterocycles. The number of halogens is 1. The van der Waals surface area contributed by atoms with Crippen LogP contribution in [-0.4, -0.2) is 39.6 Å². The molecule has 0 unspecified atom stereocenters. The van der Waals surface area contributed by atoms with Crippen LogP contribution >= 0.6 is 23.4 Å². The minimum Gasteiger partial charge on any atom is -0.335 e. The van der Waals surface area contributed by atoms with Crippen LogP contribution in [0, 0.1) is 0 Å². The van der Waals surface area contributed by atoms with Crippen LogP contribution in [0.4, 0.5) is 0 Å². The lowest BCUT2D eigenvalue weighted by molar-refractivity contribution is 0.0628. The van der Waals surface area contributed by atoms with Crippen LogP contribution < -0.4 is 0 Å². The number of hydrogen-bond acceptors (Lipinski definition) is 4. The van der Waals surface area contributed by atoms with Gasteiger partial charge in [-0.15, -0.1) is 0 Å². The van der Waals surface area contributed by atoms with E-state index in [4.69, 9.17) is 11.6 Å². The second-order valence-electron chi connectivity index (χ2n) is 4.40. The van der Waals surface area contributed by atoms with Crippen molar-refractivity contribution in [2.75, 3.05) is 12.8 Å². The van der Waals surface area contributed by atoms with Crippen molar-refractivity contribution >= 4 is 29.3 Å². The van der Waals surface area contributed by atoms with Crippen LogP contribution in [0.25, 0.3) is 0 Å². The molecule has 2 rings (SSSR count). The van der Waals surface area contributed by atoms with Crippen molar-refractivity contribution in [2.24, 2.45) is 0 Å². The lowest BCUT2D eigenvalue weighted by atomic mass is 10.0. The Labute approximate surface area is 116 Å². The van der Waals surface area contributed by atoms with E-state index in [9.17, 15) is 4.79 Å². The molecule has 0 N–H and O–H groups in total. The minimum absolute atomic E-state index is 0.0788. The number of carbonyl (C=O) groups is 1. The zero-order valence-electron chi connectivity index (χ0n) is 10.5. The van der Waals surface area contributed by atoms with E-state index >= 15 is 0 Å². The highest BCUT2D eigenvalue weighted by Crippen LogP contribution is 2.23. The van der Waals surface area contributed by atoms with E-state index in [0.717, 1.165) is 19.4 Å². The molecule has 98 valence electrons. The molecule has 4 nitrogen and oxygen atoms in total. The van der Waals surface area contributed by atoms with Gasteiger partial charge in [0.2, 0.25) is 0 Å². The molecule has 1 aliphatic heterocycles. The molecule has 0 aliphatic carbocycles. The standard InChI is InChI=1S/C12H16ClN3OS/c1-8-5-3-4-6-16(8)11(17)10-9(13)7-14-12(15-10)18-2/h7-8H,3-6H2,1-2H3/t8-/m0/s1. The summed E-state index contributed by atoms with van der Waals surface area (Å²) in [5.74, 6) is -0.0788. The van der Waals surface area contributed by atoms with Crippen LogP contribution in [0.2, 0.25) is 5.02 Å². The van der Waals surface area contributed by atoms with Gasteiger partial charge in [-0.2, -0.15) is 0 Å². The normalized spacial score (nSPS) is 19.9. The smallest absolute Gasteiger partial charge is 0.274 e. The van der Waals surface area contributed by atoms with Gasteiger partial charge in [0.25, 0.3) is 5.91 Å². The van der Waals surface area contributed by atoms with Gasteiger partial charge < -0.3 is 4.90 Å². The molecule has 2 heterocycles. The van der Waals surface area contributed by atoms with E-state index in [2.05, 4.69) is 16.9 Å². The van der Waals surface area contributed by atoms with Gasteiger partial charge in [0, 0.05) is 12.6 Å². The average molecular weight is 286 g/mol. The Balaban J connectivity index is 2.27. The molecule has 0 bridgehead atoms. The lowest BCUT2D eigenvalue weighted by Crippen LogP contribution is -2.42. The molecule has 18 heavy (non-hydrogen) atoms. The van der Waals surface area contributed by atoms with Crippen LogP contribution in [0.5, 0.6) is 0 Å². The maximum Gasteiger partial charge on any atom is 0.274 e. The van der Waals surface area contributed by atoms with Crippen molar-refractivity contribution in [3.05, 3.63) is 16.9 Å². The van der Waals surface area contributed by atoms with Crippen LogP contribution in [0.1, 0.15) is 36.7 Å². The summed E-state index contributed by atoms with van der Waals surface area (Å²) in [6, 6.07) is 0.259. The molecule has 1 aromatic rings. The molecule has 1 fully saturated rings. The average Bonchev–Trinajstić information content (AvgIpc) is 2.39. The largest absolute Gasteiger partial charge is 0.335 e. The van der Waals surface area contributed by atoms with Gasteiger partial charge in [0.05, 0.1) is 11.2 Å². The van der Waals surface area contributed by atoms with Crippen molar-refractivity contribution in [1.29, 1.82) is 0 Å². The van der Waals surface area contributed by atoms with Gasteiger partial charge in [0.1, 0.15) is 0 Å². The zero-order chi connectivity index (χ0) is 13.1. The van der Waals surface area contributed by atoms with E-state index in [1.807, 2.05) is 11.2 Å². The monoisotopic (exact) mass is 285 g/mol. The highest BCUT2D eigenvalue weighted by Gasteiger charge is 2.27. The SMILES string of the molecule is CSc1ncc(Cl)c(C(=O)N2CCCC[C@@H]2C)n1. The predicted octanol–water partition coefficient (Wildman–Crippen LogP) is 2.87. The molecule has 1 atom stereocenters. The first-order chi connectivity index (χ1) is 8.63. The summed E-state index contributed by atoms with van der Waals surface area (Å²) in [6.45, 7) is 2.86. The van der Waals surface area contributed by atoms with Gasteiger partial charge in [-0.25, -0.2) is 9.97 Å². The number of likely N-dealkylation sites (tertiary alicyclic amines) is 1. The molecule has 0 spiro atoms. The van der Waals surface area contributed by atoms with Crippen molar-refractivity contribution in [2.45, 2.75) is 37.4 Å². The van der Waals surface area contributed by atoms with E-state index in [1.165, 1.54) is 24.4 Å². The fourth-order valence-electron chi connectivity index (χ4n) is 2.14. The van der Waals surface area contributed by atoms with E-state index in [0.29, 0.717) is 15.9 Å². The molecule has 6 heteroatoms. The summed E-state index contributed by atoms with van der Waals surface area (Å²) >= 11 is 7.44. The minimum atomic E-state index is -0.0788. The first-order valence-corrected chi connectivity index (χ1v) is 7.61. The maximum absolute atomic E-state index is 12.4. The number of thioether (sulfide) groups is 1. The first kappa shape index (κ1) is 13.6. The molecule has 1 saturated heterocycles. The number of nitrogens with zero attached hydrogens (tertiary/aromatic N) is 3. The van der Waals surface area contributed by atoms with E-state index in [-0.39, 0.29) is 11.9 Å². The van der Waals surface area contributed by atoms with Crippen molar-refractivity contribution in [3.63, 3.8) is 0 Å². The molecule has 1 amide bonds. The second kappa shape index (κ2) is 5.89. The molecule has 1 aliphatic rings. The van der Waals surface area contributed by atoms with Crippen LogP contribution in [-0.2, 0) is 0 Å². The van der Waals surface area contributed by atoms with Gasteiger partial charge in [-0.3, -0.25) is 4.79 Å². The third-order valence-electron chi connectivity index (χ3n) is 3.17. The lowest BCUT2D eigenvalue weighted by Gasteiger charge is -2.33. The topological polar surface area (TPSA) is 46.1 Å². The summed E-state index contributed by atoms with van der Waals surface area (Å²) in [7, 11) is 0. The number of aromatic nitrogens is 2. The summed E-state index contributed by atoms with van der Waals surface area (Å²) in [4.78, 5) is 22.6. The Bertz CT molecular complexity index is 455. The van der Waals surface area contributed by atoms with Crippen molar-refractivity contribution < 1.29 is 4.79 Å². The molecular weight excluding hydrogens is 270 g/mol. The fourth-order valence-corrected chi connectivity index (χ4v) is 2.65. The highest BCUT2D eigenvalue weighted by molar-refractivity contribution is 7.98. The van der Waals surface area contributed by atoms with E-state index < -0.39 is 0 Å². The number of piperidine rings is 1. The summed E-state index contributed by atoms with van der Waals surface area (Å²) in [6.07, 6.45) is 6.65.